The quantitative estimate of drug-likeness (QED) is 0.0668. The molecule has 0 saturated carbocycles. The van der Waals surface area contributed by atoms with E-state index in [0.29, 0.717) is 19.8 Å². The van der Waals surface area contributed by atoms with Crippen molar-refractivity contribution in [2.24, 2.45) is 0 Å². The van der Waals surface area contributed by atoms with Crippen molar-refractivity contribution in [3.8, 4) is 0 Å². The van der Waals surface area contributed by atoms with Crippen molar-refractivity contribution in [3.63, 3.8) is 0 Å². The average Bonchev–Trinajstić information content (AvgIpc) is 3.28. The summed E-state index contributed by atoms with van der Waals surface area (Å²) in [5, 5.41) is 0. The number of benzene rings is 6. The summed E-state index contributed by atoms with van der Waals surface area (Å²) in [6.07, 6.45) is -3.60. The molecule has 1 fully saturated rings. The molecule has 0 spiro atoms. The minimum Gasteiger partial charge on any atom is -0.374 e. The van der Waals surface area contributed by atoms with Crippen LogP contribution in [0.15, 0.2) is 182 Å². The first kappa shape index (κ1) is 40.6. The summed E-state index contributed by atoms with van der Waals surface area (Å²) in [4.78, 5) is 0. The van der Waals surface area contributed by atoms with Gasteiger partial charge >= 0.3 is 8.60 Å². The topological polar surface area (TPSA) is 73.8 Å². The van der Waals surface area contributed by atoms with Crippen molar-refractivity contribution < 1.29 is 37.3 Å². The zero-order chi connectivity index (χ0) is 38.7. The lowest BCUT2D eigenvalue weighted by Gasteiger charge is -2.46. The van der Waals surface area contributed by atoms with Crippen LogP contribution in [0.25, 0.3) is 0 Å². The summed E-state index contributed by atoms with van der Waals surface area (Å²) in [6, 6.07) is 60.2. The van der Waals surface area contributed by atoms with E-state index in [-0.39, 0.29) is 26.4 Å². The van der Waals surface area contributed by atoms with E-state index >= 15 is 0 Å². The Morgan fingerprint density at radius 1 is 0.368 bits per heavy atom. The van der Waals surface area contributed by atoms with Crippen LogP contribution in [-0.4, -0.2) is 37.3 Å². The first-order valence-electron chi connectivity index (χ1n) is 19.3. The molecule has 5 atom stereocenters. The number of rotatable bonds is 21. The van der Waals surface area contributed by atoms with Gasteiger partial charge in [-0.15, -0.1) is 0 Å². The van der Waals surface area contributed by atoms with Crippen molar-refractivity contribution in [1.82, 2.24) is 0 Å². The molecule has 6 aromatic carbocycles. The molecular weight excluding hydrogens is 735 g/mol. The molecule has 0 radical (unpaired) electrons. The Morgan fingerprint density at radius 2 is 0.702 bits per heavy atom. The van der Waals surface area contributed by atoms with Gasteiger partial charge in [0.1, 0.15) is 24.4 Å². The summed E-state index contributed by atoms with van der Waals surface area (Å²) in [5.74, 6) is 0. The molecule has 1 unspecified atom stereocenters. The average molecular weight is 785 g/mol. The van der Waals surface area contributed by atoms with Gasteiger partial charge in [0.05, 0.1) is 46.2 Å². The first-order chi connectivity index (χ1) is 28.3. The van der Waals surface area contributed by atoms with Gasteiger partial charge < -0.3 is 32.7 Å². The predicted molar refractivity (Wildman–Crippen MR) is 220 cm³/mol. The Morgan fingerprint density at radius 3 is 1.11 bits per heavy atom. The Kier molecular flexibility index (Phi) is 16.0. The summed E-state index contributed by atoms with van der Waals surface area (Å²) in [7, 11) is -1.96. The van der Waals surface area contributed by atoms with E-state index < -0.39 is 39.3 Å². The number of hydrogen-bond acceptors (Lipinski definition) is 8. The molecule has 1 aliphatic rings. The third kappa shape index (κ3) is 13.0. The van der Waals surface area contributed by atoms with Crippen molar-refractivity contribution in [2.45, 2.75) is 70.3 Å². The fourth-order valence-electron chi connectivity index (χ4n) is 6.42. The zero-order valence-electron chi connectivity index (χ0n) is 31.9. The van der Waals surface area contributed by atoms with Crippen molar-refractivity contribution in [2.75, 3.05) is 6.61 Å². The van der Waals surface area contributed by atoms with E-state index in [2.05, 4.69) is 0 Å². The van der Waals surface area contributed by atoms with Crippen LogP contribution in [0, 0.1) is 0 Å². The first-order valence-corrected chi connectivity index (χ1v) is 20.4. The van der Waals surface area contributed by atoms with Crippen LogP contribution in [0.4, 0.5) is 0 Å². The van der Waals surface area contributed by atoms with Crippen LogP contribution >= 0.6 is 8.60 Å². The molecule has 0 aliphatic carbocycles. The van der Waals surface area contributed by atoms with Crippen molar-refractivity contribution in [1.29, 1.82) is 0 Å². The maximum absolute atomic E-state index is 6.92. The smallest absolute Gasteiger partial charge is 0.335 e. The van der Waals surface area contributed by atoms with Crippen molar-refractivity contribution >= 4 is 8.60 Å². The molecule has 9 heteroatoms. The summed E-state index contributed by atoms with van der Waals surface area (Å²) in [5.41, 5.74) is 6.07. The predicted octanol–water partition coefficient (Wildman–Crippen LogP) is 10.4. The van der Waals surface area contributed by atoms with E-state index in [1.54, 1.807) is 0 Å². The lowest BCUT2D eigenvalue weighted by atomic mass is 9.98. The van der Waals surface area contributed by atoms with Crippen LogP contribution in [0.3, 0.4) is 0 Å². The SMILES string of the molecule is c1ccc(COC[C@H]2OC(OP(OCc3ccccc3)OCc3ccccc3)[C@H](OCc3ccccc3)[C@@H](OCc3ccccc3)[C@@H]2OCc2ccccc2)cc1. The van der Waals surface area contributed by atoms with Crippen LogP contribution in [0.5, 0.6) is 0 Å². The van der Waals surface area contributed by atoms with E-state index in [9.17, 15) is 0 Å². The standard InChI is InChI=1S/C48H49O8P/c1-7-19-38(20-8-1)31-49-37-44-45(50-32-39-21-9-2-10-22-39)46(51-33-40-23-11-3-12-24-40)47(52-34-41-25-13-4-14-26-41)48(55-44)56-57(53-35-42-27-15-5-16-28-42)54-36-43-29-17-6-18-30-43/h1-30,44-48H,31-37H2/t44-,45-,46+,47-,48?/m1/s1. The molecule has 0 N–H and O–H groups in total. The van der Waals surface area contributed by atoms with Gasteiger partial charge in [-0.05, 0) is 33.4 Å². The molecule has 6 aromatic rings. The normalized spacial score (nSPS) is 19.4. The van der Waals surface area contributed by atoms with E-state index in [1.165, 1.54) is 0 Å². The molecule has 8 nitrogen and oxygen atoms in total. The zero-order valence-corrected chi connectivity index (χ0v) is 32.8. The molecule has 0 aromatic heterocycles. The van der Waals surface area contributed by atoms with Crippen LogP contribution < -0.4 is 0 Å². The Balaban J connectivity index is 1.21. The lowest BCUT2D eigenvalue weighted by molar-refractivity contribution is -0.311. The third-order valence-electron chi connectivity index (χ3n) is 9.39. The Hall–Kier alpha value is -4.57. The second-order valence-electron chi connectivity index (χ2n) is 13.7. The lowest BCUT2D eigenvalue weighted by Crippen LogP contribution is -2.61. The minimum absolute atomic E-state index is 0.207. The molecule has 0 bridgehead atoms. The molecule has 7 rings (SSSR count). The molecule has 1 heterocycles. The monoisotopic (exact) mass is 784 g/mol. The molecule has 294 valence electrons. The molecular formula is C48H49O8P. The largest absolute Gasteiger partial charge is 0.374 e. The van der Waals surface area contributed by atoms with Gasteiger partial charge in [0.15, 0.2) is 6.29 Å². The Labute approximate surface area is 337 Å². The van der Waals surface area contributed by atoms with Gasteiger partial charge in [0.2, 0.25) is 0 Å². The highest BCUT2D eigenvalue weighted by atomic mass is 31.2. The Bertz CT molecular complexity index is 1920. The molecule has 57 heavy (non-hydrogen) atoms. The van der Waals surface area contributed by atoms with Crippen molar-refractivity contribution in [3.05, 3.63) is 215 Å². The summed E-state index contributed by atoms with van der Waals surface area (Å²) in [6.45, 7) is 2.10. The van der Waals surface area contributed by atoms with E-state index in [1.807, 2.05) is 182 Å². The highest BCUT2D eigenvalue weighted by molar-refractivity contribution is 7.41. The van der Waals surface area contributed by atoms with Gasteiger partial charge in [0, 0.05) is 0 Å². The molecule has 1 aliphatic heterocycles. The number of ether oxygens (including phenoxy) is 5. The minimum atomic E-state index is -1.96. The van der Waals surface area contributed by atoms with Gasteiger partial charge in [-0.25, -0.2) is 0 Å². The van der Waals surface area contributed by atoms with E-state index in [0.717, 1.165) is 33.4 Å². The molecule has 1 saturated heterocycles. The van der Waals surface area contributed by atoms with Crippen LogP contribution in [0.1, 0.15) is 33.4 Å². The fourth-order valence-corrected chi connectivity index (χ4v) is 7.46. The highest BCUT2D eigenvalue weighted by Gasteiger charge is 2.50. The van der Waals surface area contributed by atoms with Gasteiger partial charge in [-0.1, -0.05) is 182 Å². The second-order valence-corrected chi connectivity index (χ2v) is 14.8. The number of hydrogen-bond donors (Lipinski definition) is 0. The summed E-state index contributed by atoms with van der Waals surface area (Å²) < 4.78 is 53.5. The molecule has 0 amide bonds. The maximum atomic E-state index is 6.92. The third-order valence-corrected chi connectivity index (χ3v) is 10.4. The summed E-state index contributed by atoms with van der Waals surface area (Å²) >= 11 is 0. The van der Waals surface area contributed by atoms with E-state index in [4.69, 9.17) is 37.3 Å². The second kappa shape index (κ2) is 22.4. The highest BCUT2D eigenvalue weighted by Crippen LogP contribution is 2.46. The fraction of sp³-hybridized carbons (Fsp3) is 0.250. The van der Waals surface area contributed by atoms with Gasteiger partial charge in [0.25, 0.3) is 0 Å². The maximum Gasteiger partial charge on any atom is 0.335 e. The van der Waals surface area contributed by atoms with Crippen LogP contribution in [0.2, 0.25) is 0 Å². The van der Waals surface area contributed by atoms with Gasteiger partial charge in [-0.3, -0.25) is 4.52 Å². The van der Waals surface area contributed by atoms with Gasteiger partial charge in [-0.2, -0.15) is 0 Å². The van der Waals surface area contributed by atoms with Crippen LogP contribution in [-0.2, 0) is 76.9 Å².